The molecule has 1 aromatic heterocycles. The lowest BCUT2D eigenvalue weighted by Crippen LogP contribution is -2.04. The summed E-state index contributed by atoms with van der Waals surface area (Å²) >= 11 is 3.44. The van der Waals surface area contributed by atoms with E-state index in [1.54, 1.807) is 24.4 Å². The number of para-hydroxylation sites is 1. The summed E-state index contributed by atoms with van der Waals surface area (Å²) in [6, 6.07) is 14.6. The van der Waals surface area contributed by atoms with Crippen molar-refractivity contribution in [2.75, 3.05) is 0 Å². The Morgan fingerprint density at radius 1 is 1.18 bits per heavy atom. The average molecular weight is 358 g/mol. The van der Waals surface area contributed by atoms with Gasteiger partial charge in [0.15, 0.2) is 0 Å². The summed E-state index contributed by atoms with van der Waals surface area (Å²) in [4.78, 5) is 15.1. The van der Waals surface area contributed by atoms with E-state index in [2.05, 4.69) is 20.9 Å². The minimum Gasteiger partial charge on any atom is -0.326 e. The molecule has 0 aliphatic carbocycles. The molecule has 0 aliphatic rings. The summed E-state index contributed by atoms with van der Waals surface area (Å²) in [5.41, 5.74) is 1.73. The van der Waals surface area contributed by atoms with Gasteiger partial charge in [0.2, 0.25) is 0 Å². The molecule has 2 aromatic carbocycles. The fourth-order valence-corrected chi connectivity index (χ4v) is 2.73. The number of hydrogen-bond donors (Lipinski definition) is 0. The number of halogens is 1. The molecule has 110 valence electrons. The minimum absolute atomic E-state index is 0.122. The van der Waals surface area contributed by atoms with Gasteiger partial charge in [-0.05, 0) is 12.1 Å². The number of nitro benzene ring substituents is 1. The Kier molecular flexibility index (Phi) is 4.02. The summed E-state index contributed by atoms with van der Waals surface area (Å²) in [5.74, 6) is 0.777. The number of imidazole rings is 1. The van der Waals surface area contributed by atoms with E-state index in [9.17, 15) is 10.1 Å². The van der Waals surface area contributed by atoms with Gasteiger partial charge in [-0.25, -0.2) is 4.98 Å². The van der Waals surface area contributed by atoms with Gasteiger partial charge in [-0.1, -0.05) is 46.3 Å². The van der Waals surface area contributed by atoms with Crippen LogP contribution in [-0.4, -0.2) is 14.5 Å². The Labute approximate surface area is 135 Å². The van der Waals surface area contributed by atoms with E-state index in [0.29, 0.717) is 12.1 Å². The smallest absolute Gasteiger partial charge is 0.274 e. The van der Waals surface area contributed by atoms with E-state index in [-0.39, 0.29) is 10.6 Å². The van der Waals surface area contributed by atoms with E-state index in [4.69, 9.17) is 0 Å². The highest BCUT2D eigenvalue weighted by Crippen LogP contribution is 2.24. The summed E-state index contributed by atoms with van der Waals surface area (Å²) in [7, 11) is 0. The highest BCUT2D eigenvalue weighted by molar-refractivity contribution is 9.10. The molecule has 0 spiro atoms. The summed E-state index contributed by atoms with van der Waals surface area (Å²) in [6.45, 7) is 0.402. The van der Waals surface area contributed by atoms with Gasteiger partial charge in [-0.2, -0.15) is 0 Å². The van der Waals surface area contributed by atoms with Crippen LogP contribution in [-0.2, 0) is 6.54 Å². The molecule has 0 aliphatic heterocycles. The second kappa shape index (κ2) is 6.11. The zero-order chi connectivity index (χ0) is 15.5. The zero-order valence-corrected chi connectivity index (χ0v) is 13.1. The second-order valence-electron chi connectivity index (χ2n) is 4.77. The second-order valence-corrected chi connectivity index (χ2v) is 5.69. The fourth-order valence-electron chi connectivity index (χ4n) is 2.33. The van der Waals surface area contributed by atoms with Crippen LogP contribution in [0.3, 0.4) is 0 Å². The van der Waals surface area contributed by atoms with Crippen molar-refractivity contribution in [3.63, 3.8) is 0 Å². The van der Waals surface area contributed by atoms with Crippen LogP contribution in [0.2, 0.25) is 0 Å². The number of nitro groups is 1. The molecule has 5 nitrogen and oxygen atoms in total. The lowest BCUT2D eigenvalue weighted by atomic mass is 10.1. The first-order chi connectivity index (χ1) is 10.6. The Bertz CT molecular complexity index is 830. The number of benzene rings is 2. The molecule has 0 fully saturated rings. The highest BCUT2D eigenvalue weighted by atomic mass is 79.9. The molecule has 0 saturated heterocycles. The third-order valence-corrected chi connectivity index (χ3v) is 3.82. The van der Waals surface area contributed by atoms with Crippen molar-refractivity contribution < 1.29 is 4.92 Å². The van der Waals surface area contributed by atoms with Gasteiger partial charge < -0.3 is 4.57 Å². The van der Waals surface area contributed by atoms with Crippen molar-refractivity contribution in [3.8, 4) is 11.4 Å². The SMILES string of the molecule is O=[N+]([O-])c1ccccc1Cn1ccnc1-c1cccc(Br)c1. The van der Waals surface area contributed by atoms with Gasteiger partial charge in [-0.3, -0.25) is 10.1 Å². The van der Waals surface area contributed by atoms with Crippen LogP contribution in [0.25, 0.3) is 11.4 Å². The number of rotatable bonds is 4. The van der Waals surface area contributed by atoms with Crippen molar-refractivity contribution >= 4 is 21.6 Å². The molecule has 0 saturated carbocycles. The zero-order valence-electron chi connectivity index (χ0n) is 11.5. The van der Waals surface area contributed by atoms with Gasteiger partial charge in [-0.15, -0.1) is 0 Å². The lowest BCUT2D eigenvalue weighted by molar-refractivity contribution is -0.385. The highest BCUT2D eigenvalue weighted by Gasteiger charge is 2.14. The normalized spacial score (nSPS) is 10.6. The first-order valence-corrected chi connectivity index (χ1v) is 7.44. The Morgan fingerprint density at radius 3 is 2.77 bits per heavy atom. The molecular formula is C16H12BrN3O2. The molecule has 3 rings (SSSR count). The molecule has 0 N–H and O–H groups in total. The van der Waals surface area contributed by atoms with E-state index in [1.807, 2.05) is 35.0 Å². The van der Waals surface area contributed by atoms with Gasteiger partial charge in [0.1, 0.15) is 5.82 Å². The molecule has 6 heteroatoms. The largest absolute Gasteiger partial charge is 0.326 e. The topological polar surface area (TPSA) is 61.0 Å². The molecule has 0 bridgehead atoms. The quantitative estimate of drug-likeness (QED) is 0.517. The Morgan fingerprint density at radius 2 is 2.00 bits per heavy atom. The number of nitrogens with zero attached hydrogens (tertiary/aromatic N) is 3. The van der Waals surface area contributed by atoms with Crippen LogP contribution >= 0.6 is 15.9 Å². The fraction of sp³-hybridized carbons (Fsp3) is 0.0625. The van der Waals surface area contributed by atoms with Gasteiger partial charge in [0.05, 0.1) is 11.5 Å². The monoisotopic (exact) mass is 357 g/mol. The predicted octanol–water partition coefficient (Wildman–Crippen LogP) is 4.27. The standard InChI is InChI=1S/C16H12BrN3O2/c17-14-6-3-5-12(10-14)16-18-8-9-19(16)11-13-4-1-2-7-15(13)20(21)22/h1-10H,11H2. The van der Waals surface area contributed by atoms with E-state index in [1.165, 1.54) is 6.07 Å². The maximum absolute atomic E-state index is 11.1. The molecular weight excluding hydrogens is 346 g/mol. The van der Waals surface area contributed by atoms with Crippen LogP contribution < -0.4 is 0 Å². The van der Waals surface area contributed by atoms with Crippen molar-refractivity contribution in [1.82, 2.24) is 9.55 Å². The van der Waals surface area contributed by atoms with E-state index in [0.717, 1.165) is 15.9 Å². The lowest BCUT2D eigenvalue weighted by Gasteiger charge is -2.09. The Hall–Kier alpha value is -2.47. The first-order valence-electron chi connectivity index (χ1n) is 6.64. The maximum Gasteiger partial charge on any atom is 0.274 e. The van der Waals surface area contributed by atoms with Crippen LogP contribution in [0, 0.1) is 10.1 Å². The van der Waals surface area contributed by atoms with Gasteiger partial charge in [0, 0.05) is 34.1 Å². The average Bonchev–Trinajstić information content (AvgIpc) is 2.96. The van der Waals surface area contributed by atoms with Crippen LogP contribution in [0.1, 0.15) is 5.56 Å². The van der Waals surface area contributed by atoms with Crippen LogP contribution in [0.15, 0.2) is 65.4 Å². The first kappa shape index (κ1) is 14.5. The molecule has 1 heterocycles. The van der Waals surface area contributed by atoms with Crippen molar-refractivity contribution in [1.29, 1.82) is 0 Å². The number of hydrogen-bond acceptors (Lipinski definition) is 3. The van der Waals surface area contributed by atoms with Crippen LogP contribution in [0.5, 0.6) is 0 Å². The van der Waals surface area contributed by atoms with Gasteiger partial charge >= 0.3 is 0 Å². The molecule has 3 aromatic rings. The van der Waals surface area contributed by atoms with Crippen molar-refractivity contribution in [2.24, 2.45) is 0 Å². The van der Waals surface area contributed by atoms with Gasteiger partial charge in [0.25, 0.3) is 5.69 Å². The van der Waals surface area contributed by atoms with Crippen LogP contribution in [0.4, 0.5) is 5.69 Å². The molecule has 22 heavy (non-hydrogen) atoms. The molecule has 0 radical (unpaired) electrons. The third kappa shape index (κ3) is 2.92. The van der Waals surface area contributed by atoms with Crippen molar-refractivity contribution in [2.45, 2.75) is 6.54 Å². The Balaban J connectivity index is 1.99. The van der Waals surface area contributed by atoms with E-state index < -0.39 is 0 Å². The molecule has 0 amide bonds. The molecule has 0 unspecified atom stereocenters. The van der Waals surface area contributed by atoms with E-state index >= 15 is 0 Å². The summed E-state index contributed by atoms with van der Waals surface area (Å²) in [6.07, 6.45) is 3.53. The van der Waals surface area contributed by atoms with Crippen molar-refractivity contribution in [3.05, 3.63) is 81.1 Å². The minimum atomic E-state index is -0.356. The number of aromatic nitrogens is 2. The third-order valence-electron chi connectivity index (χ3n) is 3.33. The predicted molar refractivity (Wildman–Crippen MR) is 87.6 cm³/mol. The molecule has 0 atom stereocenters. The summed E-state index contributed by atoms with van der Waals surface area (Å²) < 4.78 is 2.87. The summed E-state index contributed by atoms with van der Waals surface area (Å²) in [5, 5.41) is 11.1. The maximum atomic E-state index is 11.1.